The van der Waals surface area contributed by atoms with Gasteiger partial charge in [0.15, 0.2) is 0 Å². The Morgan fingerprint density at radius 3 is 2.56 bits per heavy atom. The van der Waals surface area contributed by atoms with E-state index in [4.69, 9.17) is 5.73 Å². The van der Waals surface area contributed by atoms with E-state index in [1.807, 2.05) is 6.07 Å². The van der Waals surface area contributed by atoms with Crippen LogP contribution in [0.3, 0.4) is 0 Å². The highest BCUT2D eigenvalue weighted by atomic mass is 15.0. The van der Waals surface area contributed by atoms with Gasteiger partial charge in [-0.2, -0.15) is 0 Å². The highest BCUT2D eigenvalue weighted by Crippen LogP contribution is 2.34. The summed E-state index contributed by atoms with van der Waals surface area (Å²) in [5.41, 5.74) is 6.89. The summed E-state index contributed by atoms with van der Waals surface area (Å²) < 4.78 is 0. The lowest BCUT2D eigenvalue weighted by molar-refractivity contribution is 0.339. The average molecular weight is 219 g/mol. The van der Waals surface area contributed by atoms with Crippen molar-refractivity contribution in [3.05, 3.63) is 17.6 Å². The highest BCUT2D eigenvalue weighted by Gasteiger charge is 2.22. The third-order valence-electron chi connectivity index (χ3n) is 3.56. The molecule has 0 aliphatic heterocycles. The van der Waals surface area contributed by atoms with Crippen molar-refractivity contribution < 1.29 is 0 Å². The van der Waals surface area contributed by atoms with E-state index in [-0.39, 0.29) is 0 Å². The molecule has 1 aliphatic rings. The van der Waals surface area contributed by atoms with Crippen molar-refractivity contribution in [2.45, 2.75) is 51.9 Å². The molecule has 2 rings (SSSR count). The molecule has 0 spiro atoms. The van der Waals surface area contributed by atoms with Crippen LogP contribution in [0, 0.1) is 5.92 Å². The quantitative estimate of drug-likeness (QED) is 0.832. The fraction of sp³-hybridized carbons (Fsp3) is 0.692. The fourth-order valence-electron chi connectivity index (χ4n) is 2.42. The number of nitrogens with two attached hydrogens (primary N) is 1. The zero-order valence-electron chi connectivity index (χ0n) is 10.2. The van der Waals surface area contributed by atoms with Crippen molar-refractivity contribution in [2.24, 2.45) is 5.92 Å². The zero-order valence-corrected chi connectivity index (χ0v) is 10.2. The maximum atomic E-state index is 5.82. The fourth-order valence-corrected chi connectivity index (χ4v) is 2.42. The molecular formula is C13H21N3. The number of nitrogen functional groups attached to an aromatic ring is 1. The number of aromatic nitrogens is 2. The molecule has 1 aromatic rings. The predicted octanol–water partition coefficient (Wildman–Crippen LogP) is 2.91. The molecule has 0 amide bonds. The van der Waals surface area contributed by atoms with Crippen LogP contribution in [0.5, 0.6) is 0 Å². The maximum Gasteiger partial charge on any atom is 0.134 e. The molecule has 3 heteroatoms. The molecule has 0 radical (unpaired) electrons. The van der Waals surface area contributed by atoms with Crippen LogP contribution in [0.25, 0.3) is 0 Å². The first-order chi connectivity index (χ1) is 7.69. The van der Waals surface area contributed by atoms with Crippen LogP contribution >= 0.6 is 0 Å². The Labute approximate surface area is 97.5 Å². The first-order valence-corrected chi connectivity index (χ1v) is 6.32. The Morgan fingerprint density at radius 2 is 1.94 bits per heavy atom. The van der Waals surface area contributed by atoms with E-state index >= 15 is 0 Å². The van der Waals surface area contributed by atoms with Gasteiger partial charge in [-0.1, -0.05) is 26.7 Å². The summed E-state index contributed by atoms with van der Waals surface area (Å²) in [5, 5.41) is 0. The number of aryl methyl sites for hydroxylation is 1. The Morgan fingerprint density at radius 1 is 1.25 bits per heavy atom. The van der Waals surface area contributed by atoms with Crippen LogP contribution in [0.2, 0.25) is 0 Å². The number of nitrogens with zero attached hydrogens (tertiary/aromatic N) is 2. The van der Waals surface area contributed by atoms with E-state index in [1.54, 1.807) is 0 Å². The topological polar surface area (TPSA) is 51.8 Å². The Bertz CT molecular complexity index is 354. The predicted molar refractivity (Wildman–Crippen MR) is 66.2 cm³/mol. The third-order valence-corrected chi connectivity index (χ3v) is 3.56. The van der Waals surface area contributed by atoms with Gasteiger partial charge in [0.05, 0.1) is 0 Å². The lowest BCUT2D eigenvalue weighted by Crippen LogP contribution is -2.15. The monoisotopic (exact) mass is 219 g/mol. The van der Waals surface area contributed by atoms with Gasteiger partial charge in [0.1, 0.15) is 11.6 Å². The van der Waals surface area contributed by atoms with Crippen LogP contribution in [0.1, 0.15) is 57.0 Å². The minimum absolute atomic E-state index is 0.532. The lowest BCUT2D eigenvalue weighted by atomic mass is 9.82. The molecule has 1 heterocycles. The van der Waals surface area contributed by atoms with Gasteiger partial charge < -0.3 is 5.73 Å². The highest BCUT2D eigenvalue weighted by molar-refractivity contribution is 5.30. The van der Waals surface area contributed by atoms with Gasteiger partial charge in [0.2, 0.25) is 0 Å². The molecule has 0 aromatic carbocycles. The zero-order chi connectivity index (χ0) is 11.5. The van der Waals surface area contributed by atoms with Crippen molar-refractivity contribution in [3.63, 3.8) is 0 Å². The molecular weight excluding hydrogens is 198 g/mol. The first kappa shape index (κ1) is 11.4. The second-order valence-electron chi connectivity index (χ2n) is 4.95. The summed E-state index contributed by atoms with van der Waals surface area (Å²) in [6, 6.07) is 1.88. The van der Waals surface area contributed by atoms with Gasteiger partial charge in [-0.3, -0.25) is 0 Å². The molecule has 2 N–H and O–H groups in total. The van der Waals surface area contributed by atoms with Crippen LogP contribution < -0.4 is 5.73 Å². The second kappa shape index (κ2) is 4.81. The molecule has 88 valence electrons. The summed E-state index contributed by atoms with van der Waals surface area (Å²) in [6.07, 6.45) is 5.96. The molecule has 0 atom stereocenters. The number of hydrogen-bond acceptors (Lipinski definition) is 3. The van der Waals surface area contributed by atoms with E-state index in [1.165, 1.54) is 25.7 Å². The molecule has 1 aliphatic carbocycles. The van der Waals surface area contributed by atoms with E-state index in [0.29, 0.717) is 11.7 Å². The average Bonchev–Trinajstić information content (AvgIpc) is 2.29. The lowest BCUT2D eigenvalue weighted by Gasteiger charge is -2.25. The molecule has 0 saturated heterocycles. The second-order valence-corrected chi connectivity index (χ2v) is 4.95. The maximum absolute atomic E-state index is 5.82. The number of rotatable bonds is 2. The van der Waals surface area contributed by atoms with Crippen LogP contribution in [-0.2, 0) is 6.42 Å². The Balaban J connectivity index is 2.16. The van der Waals surface area contributed by atoms with Crippen molar-refractivity contribution in [1.82, 2.24) is 9.97 Å². The Kier molecular flexibility index (Phi) is 3.42. The minimum atomic E-state index is 0.532. The number of anilines is 1. The summed E-state index contributed by atoms with van der Waals surface area (Å²) in [6.45, 7) is 4.43. The van der Waals surface area contributed by atoms with Gasteiger partial charge in [0, 0.05) is 17.7 Å². The molecule has 1 aromatic heterocycles. The third kappa shape index (κ3) is 2.52. The van der Waals surface area contributed by atoms with Crippen molar-refractivity contribution in [3.8, 4) is 0 Å². The van der Waals surface area contributed by atoms with Gasteiger partial charge in [-0.15, -0.1) is 0 Å². The van der Waals surface area contributed by atoms with Crippen LogP contribution in [-0.4, -0.2) is 9.97 Å². The largest absolute Gasteiger partial charge is 0.384 e. The Hall–Kier alpha value is -1.12. The van der Waals surface area contributed by atoms with Gasteiger partial charge in [0.25, 0.3) is 0 Å². The standard InChI is InChI=1S/C13H21N3/c1-3-11-8-12(14)16-13(15-11)10-6-4-9(2)5-7-10/h8-10H,3-7H2,1-2H3,(H2,14,15,16). The van der Waals surface area contributed by atoms with E-state index < -0.39 is 0 Å². The van der Waals surface area contributed by atoms with E-state index in [2.05, 4.69) is 23.8 Å². The molecule has 16 heavy (non-hydrogen) atoms. The summed E-state index contributed by atoms with van der Waals surface area (Å²) in [7, 11) is 0. The first-order valence-electron chi connectivity index (χ1n) is 6.32. The van der Waals surface area contributed by atoms with Crippen molar-refractivity contribution in [2.75, 3.05) is 5.73 Å². The normalized spacial score (nSPS) is 25.6. The SMILES string of the molecule is CCc1cc(N)nc(C2CCC(C)CC2)n1. The van der Waals surface area contributed by atoms with E-state index in [9.17, 15) is 0 Å². The van der Waals surface area contributed by atoms with Crippen molar-refractivity contribution >= 4 is 5.82 Å². The van der Waals surface area contributed by atoms with E-state index in [0.717, 1.165) is 23.9 Å². The molecule has 1 fully saturated rings. The van der Waals surface area contributed by atoms with Gasteiger partial charge in [-0.25, -0.2) is 9.97 Å². The number of hydrogen-bond donors (Lipinski definition) is 1. The van der Waals surface area contributed by atoms with Gasteiger partial charge in [-0.05, 0) is 25.2 Å². The van der Waals surface area contributed by atoms with Crippen LogP contribution in [0.4, 0.5) is 5.82 Å². The smallest absolute Gasteiger partial charge is 0.134 e. The molecule has 0 bridgehead atoms. The summed E-state index contributed by atoms with van der Waals surface area (Å²) >= 11 is 0. The van der Waals surface area contributed by atoms with Gasteiger partial charge >= 0.3 is 0 Å². The van der Waals surface area contributed by atoms with Crippen LogP contribution in [0.15, 0.2) is 6.07 Å². The molecule has 1 saturated carbocycles. The summed E-state index contributed by atoms with van der Waals surface area (Å²) in [5.74, 6) is 3.00. The summed E-state index contributed by atoms with van der Waals surface area (Å²) in [4.78, 5) is 9.01. The van der Waals surface area contributed by atoms with Crippen molar-refractivity contribution in [1.29, 1.82) is 0 Å². The minimum Gasteiger partial charge on any atom is -0.384 e. The molecule has 0 unspecified atom stereocenters. The molecule has 3 nitrogen and oxygen atoms in total.